The fourth-order valence-corrected chi connectivity index (χ4v) is 3.85. The Morgan fingerprint density at radius 2 is 1.78 bits per heavy atom. The number of nitrogens with zero attached hydrogens (tertiary/aromatic N) is 3. The minimum Gasteiger partial charge on any atom is -0.513 e. The van der Waals surface area contributed by atoms with Gasteiger partial charge in [-0.3, -0.25) is 0 Å². The molecule has 0 unspecified atom stereocenters. The number of hydrogen-bond acceptors (Lipinski definition) is 5. The fraction of sp³-hybridized carbons (Fsp3) is 0.174. The molecule has 2 N–H and O–H groups in total. The van der Waals surface area contributed by atoms with Gasteiger partial charge in [0.1, 0.15) is 23.6 Å². The highest BCUT2D eigenvalue weighted by Gasteiger charge is 2.33. The lowest BCUT2D eigenvalue weighted by molar-refractivity contribution is 0.0539. The number of hydrogen-bond donors (Lipinski definition) is 2. The first kappa shape index (κ1) is 20.4. The highest BCUT2D eigenvalue weighted by atomic mass is 35.5. The van der Waals surface area contributed by atoms with E-state index in [1.54, 1.807) is 18.2 Å². The minimum absolute atomic E-state index is 0.0347. The van der Waals surface area contributed by atoms with Crippen LogP contribution in [-0.2, 0) is 0 Å². The van der Waals surface area contributed by atoms with E-state index < -0.39 is 11.6 Å². The molecule has 6 nitrogen and oxygen atoms in total. The van der Waals surface area contributed by atoms with Crippen molar-refractivity contribution in [1.82, 2.24) is 19.9 Å². The molecule has 1 fully saturated rings. The van der Waals surface area contributed by atoms with Crippen molar-refractivity contribution < 1.29 is 18.6 Å². The first-order valence-electron chi connectivity index (χ1n) is 9.89. The maximum atomic E-state index is 14.9. The van der Waals surface area contributed by atoms with Crippen LogP contribution in [0.15, 0.2) is 55.1 Å². The summed E-state index contributed by atoms with van der Waals surface area (Å²) in [6.45, 7) is 3.51. The van der Waals surface area contributed by atoms with Crippen LogP contribution in [0, 0.1) is 17.6 Å². The van der Waals surface area contributed by atoms with E-state index in [1.165, 1.54) is 24.5 Å². The van der Waals surface area contributed by atoms with Gasteiger partial charge in [0.15, 0.2) is 0 Å². The molecule has 4 aromatic rings. The van der Waals surface area contributed by atoms with E-state index >= 15 is 0 Å². The fourth-order valence-electron chi connectivity index (χ4n) is 3.68. The molecule has 1 aliphatic rings. The Bertz CT molecular complexity index is 1310. The zero-order valence-corrected chi connectivity index (χ0v) is 17.4. The van der Waals surface area contributed by atoms with E-state index in [0.717, 1.165) is 0 Å². The summed E-state index contributed by atoms with van der Waals surface area (Å²) in [5, 5.41) is 9.84. The lowest BCUT2D eigenvalue weighted by atomic mass is 9.81. The molecule has 0 aliphatic heterocycles. The molecule has 1 saturated carbocycles. The van der Waals surface area contributed by atoms with Gasteiger partial charge in [-0.25, -0.2) is 23.7 Å². The maximum absolute atomic E-state index is 14.9. The zero-order chi connectivity index (χ0) is 22.4. The monoisotopic (exact) mass is 454 g/mol. The largest absolute Gasteiger partial charge is 0.513 e. The third-order valence-electron chi connectivity index (χ3n) is 5.52. The lowest BCUT2D eigenvalue weighted by Crippen LogP contribution is -2.35. The van der Waals surface area contributed by atoms with Gasteiger partial charge in [0, 0.05) is 28.9 Å². The van der Waals surface area contributed by atoms with E-state index in [1.807, 2.05) is 0 Å². The van der Waals surface area contributed by atoms with E-state index in [4.69, 9.17) is 16.3 Å². The summed E-state index contributed by atoms with van der Waals surface area (Å²) in [6.07, 6.45) is 4.09. The van der Waals surface area contributed by atoms with Crippen molar-refractivity contribution >= 4 is 22.6 Å². The number of halogens is 3. The third kappa shape index (κ3) is 3.78. The number of allylic oxidation sites excluding steroid dienone is 1. The van der Waals surface area contributed by atoms with E-state index in [9.17, 15) is 13.9 Å². The number of fused-ring (bicyclic) bond motifs is 1. The second-order valence-electron chi connectivity index (χ2n) is 7.72. The Morgan fingerprint density at radius 3 is 2.44 bits per heavy atom. The van der Waals surface area contributed by atoms with Crippen LogP contribution in [0.1, 0.15) is 12.8 Å². The number of imidazole rings is 1. The van der Waals surface area contributed by atoms with Gasteiger partial charge in [0.25, 0.3) is 0 Å². The smallest absolute Gasteiger partial charge is 0.316 e. The number of nitrogens with one attached hydrogen (secondary N) is 1. The molecule has 0 atom stereocenters. The van der Waals surface area contributed by atoms with Crippen molar-refractivity contribution in [2.24, 2.45) is 5.92 Å². The number of ether oxygens (including phenoxy) is 1. The van der Waals surface area contributed by atoms with Crippen LogP contribution >= 0.6 is 11.6 Å². The third-order valence-corrected chi connectivity index (χ3v) is 5.76. The molecule has 0 spiro atoms. The number of benzene rings is 2. The standard InChI is InChI=1S/C23H17ClF2N4O2/c1-11(31)12-4-16(5-12)32-23-27-9-14(10-28-23)13-6-17(25)21(18(26)7-13)22-29-19-3-2-15(24)8-20(19)30-22/h2-3,6-10,12,16,31H,1,4-5H2,(H,29,30). The summed E-state index contributed by atoms with van der Waals surface area (Å²) in [7, 11) is 0. The van der Waals surface area contributed by atoms with E-state index in [0.29, 0.717) is 34.5 Å². The van der Waals surface area contributed by atoms with Crippen molar-refractivity contribution in [3.63, 3.8) is 0 Å². The molecule has 0 radical (unpaired) electrons. The first-order valence-corrected chi connectivity index (χ1v) is 10.3. The maximum Gasteiger partial charge on any atom is 0.316 e. The highest BCUT2D eigenvalue weighted by Crippen LogP contribution is 2.35. The van der Waals surface area contributed by atoms with Crippen LogP contribution < -0.4 is 4.74 Å². The van der Waals surface area contributed by atoms with Crippen LogP contribution in [0.25, 0.3) is 33.5 Å². The quantitative estimate of drug-likeness (QED) is 0.370. The van der Waals surface area contributed by atoms with Crippen LogP contribution in [0.5, 0.6) is 6.01 Å². The van der Waals surface area contributed by atoms with Gasteiger partial charge in [-0.1, -0.05) is 18.2 Å². The molecule has 2 aromatic heterocycles. The molecule has 2 heterocycles. The minimum atomic E-state index is -0.768. The molecule has 1 aliphatic carbocycles. The summed E-state index contributed by atoms with van der Waals surface area (Å²) in [6, 6.07) is 7.56. The van der Waals surface area contributed by atoms with Crippen LogP contribution in [0.4, 0.5) is 8.78 Å². The van der Waals surface area contributed by atoms with Gasteiger partial charge in [-0.2, -0.15) is 0 Å². The second kappa shape index (κ2) is 7.87. The van der Waals surface area contributed by atoms with Crippen molar-refractivity contribution in [3.8, 4) is 28.5 Å². The molecule has 32 heavy (non-hydrogen) atoms. The molecular weight excluding hydrogens is 438 g/mol. The molecule has 0 saturated heterocycles. The number of H-pyrrole nitrogens is 1. The predicted molar refractivity (Wildman–Crippen MR) is 116 cm³/mol. The average molecular weight is 455 g/mol. The lowest BCUT2D eigenvalue weighted by Gasteiger charge is -2.33. The highest BCUT2D eigenvalue weighted by molar-refractivity contribution is 6.31. The molecule has 162 valence electrons. The van der Waals surface area contributed by atoms with E-state index in [-0.39, 0.29) is 40.7 Å². The Hall–Kier alpha value is -3.52. The Balaban J connectivity index is 1.37. The van der Waals surface area contributed by atoms with Gasteiger partial charge < -0.3 is 14.8 Å². The number of aliphatic hydroxyl groups is 1. The van der Waals surface area contributed by atoms with E-state index in [2.05, 4.69) is 26.5 Å². The summed E-state index contributed by atoms with van der Waals surface area (Å²) in [4.78, 5) is 15.4. The van der Waals surface area contributed by atoms with Gasteiger partial charge in [0.05, 0.1) is 22.4 Å². The molecule has 2 aromatic carbocycles. The molecule has 5 rings (SSSR count). The summed E-state index contributed by atoms with van der Waals surface area (Å²) < 4.78 is 35.4. The molecule has 9 heteroatoms. The summed E-state index contributed by atoms with van der Waals surface area (Å²) in [5.41, 5.74) is 1.60. The average Bonchev–Trinajstić information content (AvgIpc) is 3.12. The Kier molecular flexibility index (Phi) is 5.01. The number of aliphatic hydroxyl groups excluding tert-OH is 1. The van der Waals surface area contributed by atoms with Gasteiger partial charge in [0.2, 0.25) is 0 Å². The second-order valence-corrected chi connectivity index (χ2v) is 8.15. The van der Waals surface area contributed by atoms with Crippen molar-refractivity contribution in [3.05, 3.63) is 71.7 Å². The van der Waals surface area contributed by atoms with Gasteiger partial charge in [-0.15, -0.1) is 0 Å². The number of rotatable bonds is 5. The summed E-state index contributed by atoms with van der Waals surface area (Å²) >= 11 is 5.96. The van der Waals surface area contributed by atoms with Gasteiger partial charge >= 0.3 is 6.01 Å². The summed E-state index contributed by atoms with van der Waals surface area (Å²) in [5.74, 6) is -1.27. The topological polar surface area (TPSA) is 83.9 Å². The van der Waals surface area contributed by atoms with Gasteiger partial charge in [-0.05, 0) is 48.7 Å². The molecular formula is C23H17ClF2N4O2. The molecule has 0 bridgehead atoms. The Morgan fingerprint density at radius 1 is 1.09 bits per heavy atom. The van der Waals surface area contributed by atoms with Crippen LogP contribution in [0.2, 0.25) is 5.02 Å². The van der Waals surface area contributed by atoms with Crippen molar-refractivity contribution in [2.75, 3.05) is 0 Å². The number of aromatic nitrogens is 4. The predicted octanol–water partition coefficient (Wildman–Crippen LogP) is 5.85. The molecule has 0 amide bonds. The Labute approximate surface area is 186 Å². The number of aromatic amines is 1. The van der Waals surface area contributed by atoms with Crippen molar-refractivity contribution in [2.45, 2.75) is 18.9 Å². The van der Waals surface area contributed by atoms with Crippen LogP contribution in [-0.4, -0.2) is 31.1 Å². The van der Waals surface area contributed by atoms with Crippen LogP contribution in [0.3, 0.4) is 0 Å². The normalized spacial score (nSPS) is 17.8. The van der Waals surface area contributed by atoms with Crippen molar-refractivity contribution in [1.29, 1.82) is 0 Å². The first-order chi connectivity index (χ1) is 15.4. The zero-order valence-electron chi connectivity index (χ0n) is 16.6. The SMILES string of the molecule is C=C(O)C1CC(Oc2ncc(-c3cc(F)c(-c4nc5ccc(Cl)cc5[nH]4)c(F)c3)cn2)C1.